The third kappa shape index (κ3) is 6.05. The Balaban J connectivity index is 1.71. The van der Waals surface area contributed by atoms with Crippen LogP contribution in [0.15, 0.2) is 54.9 Å². The molecule has 0 bridgehead atoms. The zero-order valence-corrected chi connectivity index (χ0v) is 19.2. The van der Waals surface area contributed by atoms with Gasteiger partial charge < -0.3 is 9.88 Å². The molecule has 0 saturated heterocycles. The summed E-state index contributed by atoms with van der Waals surface area (Å²) in [6.45, 7) is 1.28. The van der Waals surface area contributed by atoms with Gasteiger partial charge in [0, 0.05) is 24.6 Å². The van der Waals surface area contributed by atoms with Crippen LogP contribution in [0, 0.1) is 6.92 Å². The number of sulfonamides is 1. The van der Waals surface area contributed by atoms with E-state index in [0.717, 1.165) is 35.5 Å². The van der Waals surface area contributed by atoms with Gasteiger partial charge in [-0.25, -0.2) is 13.4 Å². The Bertz CT molecular complexity index is 1260. The molecule has 0 aliphatic rings. The number of benzene rings is 2. The fourth-order valence-corrected chi connectivity index (χ4v) is 4.17. The van der Waals surface area contributed by atoms with Gasteiger partial charge in [-0.3, -0.25) is 9.10 Å². The monoisotopic (exact) mass is 500 g/mol. The summed E-state index contributed by atoms with van der Waals surface area (Å²) in [5.74, 6) is 0.131. The van der Waals surface area contributed by atoms with Crippen molar-refractivity contribution in [2.45, 2.75) is 19.6 Å². The lowest BCUT2D eigenvalue weighted by atomic mass is 10.2. The Morgan fingerprint density at radius 2 is 1.85 bits per heavy atom. The molecule has 0 atom stereocenters. The Labute approximate surface area is 193 Å². The van der Waals surface area contributed by atoms with Crippen LogP contribution >= 0.6 is 11.6 Å². The number of hydrogen-bond donors (Lipinski definition) is 1. The molecule has 3 aromatic rings. The minimum Gasteiger partial charge on any atom is -0.350 e. The second-order valence-corrected chi connectivity index (χ2v) is 9.53. The minimum absolute atomic E-state index is 0.105. The van der Waals surface area contributed by atoms with E-state index in [1.807, 2.05) is 29.8 Å². The lowest BCUT2D eigenvalue weighted by molar-refractivity contribution is -0.137. The molecular weight excluding hydrogens is 481 g/mol. The van der Waals surface area contributed by atoms with Crippen LogP contribution in [0.25, 0.3) is 5.69 Å². The Hall–Kier alpha value is -3.05. The van der Waals surface area contributed by atoms with Crippen LogP contribution in [-0.4, -0.2) is 36.7 Å². The normalized spacial score (nSPS) is 11.9. The smallest absolute Gasteiger partial charge is 0.350 e. The van der Waals surface area contributed by atoms with Crippen molar-refractivity contribution in [2.24, 2.45) is 0 Å². The molecule has 1 heterocycles. The number of nitrogens with zero attached hydrogens (tertiary/aromatic N) is 3. The molecule has 0 fully saturated rings. The number of rotatable bonds is 7. The number of aryl methyl sites for hydroxylation is 1. The molecule has 33 heavy (non-hydrogen) atoms. The highest BCUT2D eigenvalue weighted by molar-refractivity contribution is 7.92. The number of anilines is 1. The number of nitrogens with one attached hydrogen (secondary N) is 1. The largest absolute Gasteiger partial charge is 0.417 e. The predicted octanol–water partition coefficient (Wildman–Crippen LogP) is 3.94. The first-order chi connectivity index (χ1) is 15.4. The number of imidazole rings is 1. The van der Waals surface area contributed by atoms with E-state index in [9.17, 15) is 26.4 Å². The number of alkyl halides is 3. The lowest BCUT2D eigenvalue weighted by Crippen LogP contribution is -2.40. The number of amides is 1. The third-order valence-electron chi connectivity index (χ3n) is 4.76. The SMILES string of the molecule is Cc1nccn1-c1ccc(CNC(=O)CN(c2ccc(Cl)c(C(F)(F)F)c2)S(C)(=O)=O)cc1. The summed E-state index contributed by atoms with van der Waals surface area (Å²) in [5.41, 5.74) is 0.126. The second kappa shape index (κ2) is 9.44. The molecule has 0 spiro atoms. The number of carbonyl (C=O) groups is 1. The maximum atomic E-state index is 13.2. The lowest BCUT2D eigenvalue weighted by Gasteiger charge is -2.23. The summed E-state index contributed by atoms with van der Waals surface area (Å²) in [7, 11) is -4.05. The van der Waals surface area contributed by atoms with Crippen LogP contribution in [0.4, 0.5) is 18.9 Å². The highest BCUT2D eigenvalue weighted by Gasteiger charge is 2.34. The highest BCUT2D eigenvalue weighted by atomic mass is 35.5. The first kappa shape index (κ1) is 24.6. The van der Waals surface area contributed by atoms with E-state index in [4.69, 9.17) is 11.6 Å². The van der Waals surface area contributed by atoms with Crippen LogP contribution in [0.1, 0.15) is 17.0 Å². The van der Waals surface area contributed by atoms with Gasteiger partial charge in [0.25, 0.3) is 0 Å². The molecule has 176 valence electrons. The van der Waals surface area contributed by atoms with E-state index >= 15 is 0 Å². The van der Waals surface area contributed by atoms with Gasteiger partial charge in [0.15, 0.2) is 0 Å². The van der Waals surface area contributed by atoms with E-state index < -0.39 is 39.2 Å². The number of carbonyl (C=O) groups excluding carboxylic acids is 1. The molecule has 0 unspecified atom stereocenters. The molecule has 0 aliphatic carbocycles. The molecule has 7 nitrogen and oxygen atoms in total. The Morgan fingerprint density at radius 3 is 2.39 bits per heavy atom. The Morgan fingerprint density at radius 1 is 1.18 bits per heavy atom. The summed E-state index contributed by atoms with van der Waals surface area (Å²) in [6, 6.07) is 9.92. The number of aromatic nitrogens is 2. The average molecular weight is 501 g/mol. The van der Waals surface area contributed by atoms with E-state index in [1.54, 1.807) is 18.3 Å². The van der Waals surface area contributed by atoms with Crippen LogP contribution < -0.4 is 9.62 Å². The van der Waals surface area contributed by atoms with Crippen molar-refractivity contribution in [3.8, 4) is 5.69 Å². The van der Waals surface area contributed by atoms with Crippen molar-refractivity contribution in [2.75, 3.05) is 17.1 Å². The van der Waals surface area contributed by atoms with E-state index in [2.05, 4.69) is 10.3 Å². The van der Waals surface area contributed by atoms with Gasteiger partial charge in [-0.15, -0.1) is 0 Å². The molecule has 3 rings (SSSR count). The van der Waals surface area contributed by atoms with E-state index in [1.165, 1.54) is 0 Å². The van der Waals surface area contributed by atoms with Gasteiger partial charge >= 0.3 is 6.18 Å². The highest BCUT2D eigenvalue weighted by Crippen LogP contribution is 2.37. The van der Waals surface area contributed by atoms with Crippen molar-refractivity contribution < 1.29 is 26.4 Å². The van der Waals surface area contributed by atoms with Crippen molar-refractivity contribution in [1.82, 2.24) is 14.9 Å². The molecule has 1 amide bonds. The van der Waals surface area contributed by atoms with Crippen LogP contribution in [-0.2, 0) is 27.5 Å². The molecule has 1 aromatic heterocycles. The summed E-state index contributed by atoms with van der Waals surface area (Å²) in [4.78, 5) is 16.6. The molecule has 2 aromatic carbocycles. The van der Waals surface area contributed by atoms with Gasteiger partial charge in [-0.1, -0.05) is 23.7 Å². The fourth-order valence-electron chi connectivity index (χ4n) is 3.10. The van der Waals surface area contributed by atoms with Crippen molar-refractivity contribution in [3.05, 3.63) is 76.8 Å². The van der Waals surface area contributed by atoms with Crippen LogP contribution in [0.3, 0.4) is 0 Å². The van der Waals surface area contributed by atoms with Crippen molar-refractivity contribution in [3.63, 3.8) is 0 Å². The van der Waals surface area contributed by atoms with Gasteiger partial charge in [0.2, 0.25) is 15.9 Å². The first-order valence-electron chi connectivity index (χ1n) is 9.56. The summed E-state index contributed by atoms with van der Waals surface area (Å²) in [6.07, 6.45) is -0.485. The predicted molar refractivity (Wildman–Crippen MR) is 119 cm³/mol. The summed E-state index contributed by atoms with van der Waals surface area (Å²) >= 11 is 5.60. The number of halogens is 4. The van der Waals surface area contributed by atoms with E-state index in [-0.39, 0.29) is 12.2 Å². The Kier molecular flexibility index (Phi) is 7.03. The molecular formula is C21H20ClF3N4O3S. The molecule has 0 aliphatic heterocycles. The fraction of sp³-hybridized carbons (Fsp3) is 0.238. The van der Waals surface area contributed by atoms with Gasteiger partial charge in [0.1, 0.15) is 12.4 Å². The summed E-state index contributed by atoms with van der Waals surface area (Å²) < 4.78 is 66.3. The first-order valence-corrected chi connectivity index (χ1v) is 11.8. The summed E-state index contributed by atoms with van der Waals surface area (Å²) in [5, 5.41) is 2.01. The molecule has 0 radical (unpaired) electrons. The zero-order chi connectivity index (χ0) is 24.4. The zero-order valence-electron chi connectivity index (χ0n) is 17.6. The third-order valence-corrected chi connectivity index (χ3v) is 6.23. The van der Waals surface area contributed by atoms with E-state index in [0.29, 0.717) is 10.4 Å². The molecule has 1 N–H and O–H groups in total. The maximum absolute atomic E-state index is 13.2. The van der Waals surface area contributed by atoms with Crippen LogP contribution in [0.2, 0.25) is 5.02 Å². The van der Waals surface area contributed by atoms with Gasteiger partial charge in [-0.2, -0.15) is 13.2 Å². The topological polar surface area (TPSA) is 84.3 Å². The van der Waals surface area contributed by atoms with Gasteiger partial charge in [-0.05, 0) is 42.8 Å². The molecule has 12 heteroatoms. The minimum atomic E-state index is -4.78. The quantitative estimate of drug-likeness (QED) is 0.532. The van der Waals surface area contributed by atoms with Crippen molar-refractivity contribution >= 4 is 33.2 Å². The average Bonchev–Trinajstić information content (AvgIpc) is 3.15. The van der Waals surface area contributed by atoms with Crippen molar-refractivity contribution in [1.29, 1.82) is 0 Å². The molecule has 0 saturated carbocycles. The standard InChI is InChI=1S/C21H20ClF3N4O3S/c1-14-26-9-10-28(14)16-5-3-15(4-6-16)12-27-20(30)13-29(33(2,31)32)17-7-8-19(22)18(11-17)21(23,24)25/h3-11H,12-13H2,1-2H3,(H,27,30). The van der Waals surface area contributed by atoms with Gasteiger partial charge in [0.05, 0.1) is 22.5 Å². The van der Waals surface area contributed by atoms with Crippen LogP contribution in [0.5, 0.6) is 0 Å². The number of hydrogen-bond acceptors (Lipinski definition) is 4. The second-order valence-electron chi connectivity index (χ2n) is 7.22. The maximum Gasteiger partial charge on any atom is 0.417 e.